The highest BCUT2D eigenvalue weighted by Gasteiger charge is 2.29. The normalized spacial score (nSPS) is 16.3. The predicted octanol–water partition coefficient (Wildman–Crippen LogP) is 3.24. The largest absolute Gasteiger partial charge is 0.355 e. The Morgan fingerprint density at radius 2 is 2.10 bits per heavy atom. The van der Waals surface area contributed by atoms with Crippen molar-refractivity contribution in [2.45, 2.75) is 31.5 Å². The van der Waals surface area contributed by atoms with E-state index < -0.39 is 5.82 Å². The molecule has 0 radical (unpaired) electrons. The molecule has 166 valence electrons. The zero-order valence-electron chi connectivity index (χ0n) is 17.5. The average molecular weight is 466 g/mol. The minimum atomic E-state index is -0.429. The summed E-state index contributed by atoms with van der Waals surface area (Å²) in [6.45, 7) is 6.15. The number of benzene rings is 1. The zero-order chi connectivity index (χ0) is 22.4. The van der Waals surface area contributed by atoms with E-state index in [1.54, 1.807) is 17.0 Å². The van der Waals surface area contributed by atoms with Gasteiger partial charge in [0.1, 0.15) is 16.8 Å². The van der Waals surface area contributed by atoms with E-state index in [2.05, 4.69) is 15.3 Å². The number of carbonyl (C=O) groups excluding carboxylic acids is 2. The second-order valence-electron chi connectivity index (χ2n) is 7.27. The van der Waals surface area contributed by atoms with Crippen molar-refractivity contribution in [1.82, 2.24) is 20.2 Å². The van der Waals surface area contributed by atoms with Gasteiger partial charge in [-0.1, -0.05) is 36.4 Å². The van der Waals surface area contributed by atoms with Crippen LogP contribution in [-0.4, -0.2) is 64.7 Å². The van der Waals surface area contributed by atoms with E-state index in [4.69, 9.17) is 11.6 Å². The van der Waals surface area contributed by atoms with E-state index >= 15 is 0 Å². The lowest BCUT2D eigenvalue weighted by Crippen LogP contribution is -2.54. The van der Waals surface area contributed by atoms with Gasteiger partial charge in [0, 0.05) is 43.9 Å². The molecule has 1 unspecified atom stereocenters. The fourth-order valence-electron chi connectivity index (χ4n) is 3.31. The molecule has 1 aliphatic heterocycles. The molecule has 1 N–H and O–H groups in total. The van der Waals surface area contributed by atoms with Crippen molar-refractivity contribution >= 4 is 41.0 Å². The van der Waals surface area contributed by atoms with E-state index in [1.165, 1.54) is 30.0 Å². The maximum Gasteiger partial charge on any atom is 0.254 e. The smallest absolute Gasteiger partial charge is 0.254 e. The Morgan fingerprint density at radius 3 is 2.81 bits per heavy atom. The lowest BCUT2D eigenvalue weighted by molar-refractivity contribution is -0.118. The maximum atomic E-state index is 13.5. The SMILES string of the molecule is CCCNC(=O)CSc1nc(Cl)cc(N2CCN(C(=O)c3cccc(F)c3)C(C)C2)n1. The standard InChI is InChI=1S/C21H25ClFN5O2S/c1-3-7-24-19(29)13-31-21-25-17(22)11-18(26-21)27-8-9-28(14(2)12-27)20(30)15-5-4-6-16(23)10-15/h4-6,10-11,14H,3,7-9,12-13H2,1-2H3,(H,24,29). The highest BCUT2D eigenvalue weighted by molar-refractivity contribution is 7.99. The molecule has 1 saturated heterocycles. The number of hydrogen-bond acceptors (Lipinski definition) is 6. The topological polar surface area (TPSA) is 78.4 Å². The summed E-state index contributed by atoms with van der Waals surface area (Å²) in [6, 6.07) is 7.31. The number of amides is 2. The first-order valence-electron chi connectivity index (χ1n) is 10.1. The number of hydrogen-bond donors (Lipinski definition) is 1. The number of anilines is 1. The van der Waals surface area contributed by atoms with Crippen molar-refractivity contribution in [3.8, 4) is 0 Å². The van der Waals surface area contributed by atoms with Crippen LogP contribution in [0.3, 0.4) is 0 Å². The highest BCUT2D eigenvalue weighted by atomic mass is 35.5. The number of aromatic nitrogens is 2. The molecule has 2 amide bonds. The van der Waals surface area contributed by atoms with E-state index in [1.807, 2.05) is 18.7 Å². The van der Waals surface area contributed by atoms with Crippen molar-refractivity contribution in [3.05, 3.63) is 46.9 Å². The number of piperazine rings is 1. The van der Waals surface area contributed by atoms with E-state index in [0.717, 1.165) is 6.42 Å². The number of halogens is 2. The third kappa shape index (κ3) is 6.30. The lowest BCUT2D eigenvalue weighted by Gasteiger charge is -2.40. The fourth-order valence-corrected chi connectivity index (χ4v) is 4.22. The monoisotopic (exact) mass is 465 g/mol. The Balaban J connectivity index is 1.64. The second-order valence-corrected chi connectivity index (χ2v) is 8.60. The Morgan fingerprint density at radius 1 is 1.29 bits per heavy atom. The first-order valence-corrected chi connectivity index (χ1v) is 11.5. The van der Waals surface area contributed by atoms with Crippen LogP contribution >= 0.6 is 23.4 Å². The van der Waals surface area contributed by atoms with Gasteiger partial charge in [0.2, 0.25) is 5.91 Å². The van der Waals surface area contributed by atoms with Gasteiger partial charge in [-0.05, 0) is 31.5 Å². The molecule has 1 atom stereocenters. The van der Waals surface area contributed by atoms with Gasteiger partial charge in [-0.3, -0.25) is 9.59 Å². The summed E-state index contributed by atoms with van der Waals surface area (Å²) < 4.78 is 13.5. The van der Waals surface area contributed by atoms with Gasteiger partial charge in [-0.25, -0.2) is 14.4 Å². The van der Waals surface area contributed by atoms with Crippen LogP contribution in [0.15, 0.2) is 35.5 Å². The Kier molecular flexibility index (Phi) is 8.09. The third-order valence-corrected chi connectivity index (χ3v) is 5.89. The van der Waals surface area contributed by atoms with Gasteiger partial charge in [-0.15, -0.1) is 0 Å². The van der Waals surface area contributed by atoms with Gasteiger partial charge in [0.05, 0.1) is 5.75 Å². The first-order chi connectivity index (χ1) is 14.9. The molecule has 1 aromatic heterocycles. The summed E-state index contributed by atoms with van der Waals surface area (Å²) in [7, 11) is 0. The molecule has 3 rings (SSSR count). The van der Waals surface area contributed by atoms with Gasteiger partial charge in [-0.2, -0.15) is 0 Å². The number of nitrogens with zero attached hydrogens (tertiary/aromatic N) is 4. The summed E-state index contributed by atoms with van der Waals surface area (Å²) in [4.78, 5) is 37.1. The summed E-state index contributed by atoms with van der Waals surface area (Å²) in [6.07, 6.45) is 0.875. The summed E-state index contributed by atoms with van der Waals surface area (Å²) in [5, 5.41) is 3.54. The highest BCUT2D eigenvalue weighted by Crippen LogP contribution is 2.24. The number of nitrogens with one attached hydrogen (secondary N) is 1. The number of carbonyl (C=O) groups is 2. The fraction of sp³-hybridized carbons (Fsp3) is 0.429. The van der Waals surface area contributed by atoms with Crippen LogP contribution in [0.2, 0.25) is 5.15 Å². The molecule has 1 aromatic carbocycles. The Labute approximate surface area is 190 Å². The summed E-state index contributed by atoms with van der Waals surface area (Å²) >= 11 is 7.42. The molecule has 31 heavy (non-hydrogen) atoms. The van der Waals surface area contributed by atoms with Crippen LogP contribution in [0.1, 0.15) is 30.6 Å². The molecule has 10 heteroatoms. The zero-order valence-corrected chi connectivity index (χ0v) is 19.0. The molecule has 1 fully saturated rings. The summed E-state index contributed by atoms with van der Waals surface area (Å²) in [5.41, 5.74) is 0.338. The molecule has 2 heterocycles. The molecule has 2 aromatic rings. The maximum absolute atomic E-state index is 13.5. The van der Waals surface area contributed by atoms with Crippen molar-refractivity contribution < 1.29 is 14.0 Å². The van der Waals surface area contributed by atoms with E-state index in [-0.39, 0.29) is 23.6 Å². The molecule has 1 aliphatic rings. The van der Waals surface area contributed by atoms with E-state index in [0.29, 0.717) is 47.9 Å². The van der Waals surface area contributed by atoms with Crippen LogP contribution in [0.4, 0.5) is 10.2 Å². The van der Waals surface area contributed by atoms with Gasteiger partial charge >= 0.3 is 0 Å². The minimum absolute atomic E-state index is 0.0740. The molecule has 0 aliphatic carbocycles. The van der Waals surface area contributed by atoms with Crippen molar-refractivity contribution in [1.29, 1.82) is 0 Å². The minimum Gasteiger partial charge on any atom is -0.355 e. The molecule has 0 saturated carbocycles. The van der Waals surface area contributed by atoms with Crippen molar-refractivity contribution in [2.75, 3.05) is 36.8 Å². The lowest BCUT2D eigenvalue weighted by atomic mass is 10.1. The van der Waals surface area contributed by atoms with E-state index in [9.17, 15) is 14.0 Å². The summed E-state index contributed by atoms with van der Waals surface area (Å²) in [5.74, 6) is 0.172. The first kappa shape index (κ1) is 23.3. The van der Waals surface area contributed by atoms with Gasteiger partial charge in [0.25, 0.3) is 5.91 Å². The van der Waals surface area contributed by atoms with Crippen LogP contribution in [-0.2, 0) is 4.79 Å². The molecular weight excluding hydrogens is 441 g/mol. The van der Waals surface area contributed by atoms with Crippen LogP contribution in [0.25, 0.3) is 0 Å². The second kappa shape index (κ2) is 10.8. The Bertz CT molecular complexity index is 948. The predicted molar refractivity (Wildman–Crippen MR) is 120 cm³/mol. The van der Waals surface area contributed by atoms with Gasteiger partial charge in [0.15, 0.2) is 5.16 Å². The van der Waals surface area contributed by atoms with Crippen molar-refractivity contribution in [3.63, 3.8) is 0 Å². The molecule has 0 spiro atoms. The average Bonchev–Trinajstić information content (AvgIpc) is 2.75. The van der Waals surface area contributed by atoms with Crippen LogP contribution in [0, 0.1) is 5.82 Å². The molecule has 0 bridgehead atoms. The third-order valence-electron chi connectivity index (χ3n) is 4.85. The molecular formula is C21H25ClFN5O2S. The van der Waals surface area contributed by atoms with Crippen LogP contribution in [0.5, 0.6) is 0 Å². The number of rotatable bonds is 7. The number of thioether (sulfide) groups is 1. The van der Waals surface area contributed by atoms with Crippen molar-refractivity contribution in [2.24, 2.45) is 0 Å². The quantitative estimate of drug-likeness (QED) is 0.384. The van der Waals surface area contributed by atoms with Crippen LogP contribution < -0.4 is 10.2 Å². The molecule has 7 nitrogen and oxygen atoms in total. The Hall–Kier alpha value is -2.39. The van der Waals surface area contributed by atoms with Gasteiger partial charge < -0.3 is 15.1 Å².